The fraction of sp³-hybridized carbons (Fsp3) is 0.556. The summed E-state index contributed by atoms with van der Waals surface area (Å²) in [6.45, 7) is 6.35. The molecule has 2 aromatic carbocycles. The van der Waals surface area contributed by atoms with Crippen LogP contribution in [0.15, 0.2) is 48.2 Å². The van der Waals surface area contributed by atoms with Gasteiger partial charge in [-0.2, -0.15) is 0 Å². The first-order valence-electron chi connectivity index (χ1n) is 20.2. The van der Waals surface area contributed by atoms with Crippen molar-refractivity contribution in [1.29, 1.82) is 0 Å². The SMILES string of the molecule is COc1cc2c(cc1C[C@@H]1[C@H]3C[C@@H]4c5c(c6ccccc6n5C)C[C@H]([C@H]3CO[C@]1(C)OC(C)=O)N4C)c1c(n2C)C2C[C@@H]3C(C(C)=O)=COC[C@@H]3[C@@H](C1)N2C. The lowest BCUT2D eigenvalue weighted by molar-refractivity contribution is -0.296. The molecule has 0 radical (unpaired) electrons. The Labute approximate surface area is 323 Å². The number of rotatable bonds is 5. The summed E-state index contributed by atoms with van der Waals surface area (Å²) in [6, 6.07) is 14.5. The highest BCUT2D eigenvalue weighted by Crippen LogP contribution is 2.56. The fourth-order valence-electron chi connectivity index (χ4n) is 12.8. The van der Waals surface area contributed by atoms with Crippen molar-refractivity contribution in [2.75, 3.05) is 34.4 Å². The smallest absolute Gasteiger partial charge is 0.305 e. The van der Waals surface area contributed by atoms with E-state index in [0.29, 0.717) is 25.7 Å². The molecule has 10 heteroatoms. The minimum atomic E-state index is -1.08. The van der Waals surface area contributed by atoms with Crippen molar-refractivity contribution in [1.82, 2.24) is 18.9 Å². The number of esters is 1. The zero-order valence-corrected chi connectivity index (χ0v) is 33.4. The number of likely N-dealkylation sites (N-methyl/N-ethyl adjacent to an activating group) is 2. The number of piperidine rings is 2. The lowest BCUT2D eigenvalue weighted by atomic mass is 9.62. The van der Waals surface area contributed by atoms with Gasteiger partial charge in [-0.3, -0.25) is 19.4 Å². The summed E-state index contributed by atoms with van der Waals surface area (Å²) in [7, 11) is 10.7. The average Bonchev–Trinajstić information content (AvgIpc) is 3.58. The zero-order chi connectivity index (χ0) is 38.2. The van der Waals surface area contributed by atoms with Gasteiger partial charge in [-0.05, 0) is 93.8 Å². The molecule has 10 atom stereocenters. The summed E-state index contributed by atoms with van der Waals surface area (Å²) >= 11 is 0. The number of carbonyl (C=O) groups excluding carboxylic acids is 2. The highest BCUT2D eigenvalue weighted by molar-refractivity contribution is 5.94. The first-order valence-corrected chi connectivity index (χ1v) is 20.2. The van der Waals surface area contributed by atoms with Gasteiger partial charge in [0.05, 0.1) is 44.2 Å². The Hall–Kier alpha value is -4.12. The van der Waals surface area contributed by atoms with Crippen LogP contribution in [-0.2, 0) is 57.2 Å². The number of allylic oxidation sites excluding steroid dienone is 1. The minimum absolute atomic E-state index is 0.0848. The molecule has 2 aromatic heterocycles. The van der Waals surface area contributed by atoms with Crippen LogP contribution in [0.2, 0.25) is 0 Å². The van der Waals surface area contributed by atoms with Crippen molar-refractivity contribution < 1.29 is 28.5 Å². The number of carbonyl (C=O) groups is 2. The van der Waals surface area contributed by atoms with Gasteiger partial charge in [0.2, 0.25) is 5.79 Å². The Kier molecular flexibility index (Phi) is 7.98. The number of aryl methyl sites for hydroxylation is 2. The van der Waals surface area contributed by atoms with E-state index in [9.17, 15) is 9.59 Å². The Morgan fingerprint density at radius 2 is 1.51 bits per heavy atom. The van der Waals surface area contributed by atoms with Gasteiger partial charge in [0.25, 0.3) is 0 Å². The van der Waals surface area contributed by atoms with E-state index >= 15 is 0 Å². The fourth-order valence-corrected chi connectivity index (χ4v) is 12.8. The third-order valence-corrected chi connectivity index (χ3v) is 15.4. The lowest BCUT2D eigenvalue weighted by Gasteiger charge is -2.58. The average molecular weight is 747 g/mol. The van der Waals surface area contributed by atoms with Crippen LogP contribution in [0.5, 0.6) is 5.75 Å². The molecule has 55 heavy (non-hydrogen) atoms. The number of fused-ring (bicyclic) bond motifs is 16. The quantitative estimate of drug-likeness (QED) is 0.217. The number of nitrogens with zero attached hydrogens (tertiary/aromatic N) is 4. The monoisotopic (exact) mass is 746 g/mol. The maximum Gasteiger partial charge on any atom is 0.305 e. The van der Waals surface area contributed by atoms with Gasteiger partial charge in [0.15, 0.2) is 5.78 Å². The number of para-hydroxylation sites is 1. The Bertz CT molecular complexity index is 2300. The Morgan fingerprint density at radius 3 is 2.22 bits per heavy atom. The molecule has 6 aliphatic heterocycles. The molecular weight excluding hydrogens is 693 g/mol. The van der Waals surface area contributed by atoms with Gasteiger partial charge >= 0.3 is 5.97 Å². The van der Waals surface area contributed by atoms with Crippen LogP contribution in [-0.4, -0.2) is 83.0 Å². The summed E-state index contributed by atoms with van der Waals surface area (Å²) in [5, 5.41) is 2.62. The Morgan fingerprint density at radius 1 is 0.836 bits per heavy atom. The summed E-state index contributed by atoms with van der Waals surface area (Å²) in [6.07, 6.45) is 6.12. The predicted molar refractivity (Wildman–Crippen MR) is 210 cm³/mol. The van der Waals surface area contributed by atoms with Gasteiger partial charge in [-0.15, -0.1) is 0 Å². The third kappa shape index (κ3) is 4.96. The van der Waals surface area contributed by atoms with Crippen molar-refractivity contribution in [3.63, 3.8) is 0 Å². The third-order valence-electron chi connectivity index (χ3n) is 15.4. The van der Waals surface area contributed by atoms with Crippen LogP contribution in [0, 0.1) is 29.6 Å². The number of methoxy groups -OCH3 is 1. The van der Waals surface area contributed by atoms with Crippen molar-refractivity contribution >= 4 is 33.6 Å². The molecule has 8 heterocycles. The molecular formula is C45H54N4O6. The van der Waals surface area contributed by atoms with E-state index in [2.05, 4.69) is 83.5 Å². The first kappa shape index (κ1) is 35.3. The molecule has 10 nitrogen and oxygen atoms in total. The van der Waals surface area contributed by atoms with Crippen LogP contribution < -0.4 is 4.74 Å². The highest BCUT2D eigenvalue weighted by atomic mass is 16.7. The zero-order valence-electron chi connectivity index (χ0n) is 33.4. The van der Waals surface area contributed by atoms with E-state index in [1.54, 1.807) is 20.3 Å². The topological polar surface area (TPSA) is 87.4 Å². The van der Waals surface area contributed by atoms with Gasteiger partial charge in [-0.1, -0.05) is 18.2 Å². The summed E-state index contributed by atoms with van der Waals surface area (Å²) in [5.41, 5.74) is 10.0. The molecule has 10 rings (SSSR count). The molecule has 4 aromatic rings. The van der Waals surface area contributed by atoms with Crippen molar-refractivity contribution in [3.8, 4) is 5.75 Å². The number of benzene rings is 2. The van der Waals surface area contributed by atoms with E-state index in [-0.39, 0.29) is 59.5 Å². The molecule has 3 saturated heterocycles. The van der Waals surface area contributed by atoms with Crippen molar-refractivity contribution in [3.05, 3.63) is 76.3 Å². The highest BCUT2D eigenvalue weighted by Gasteiger charge is 2.58. The standard InChI is InChI=1S/C45H54N4O6/c1-23(50)32-20-53-21-33-27(32)15-40-44-31(18-37(33)46(40)4)29-13-25(42(52-8)19-39(29)49(44)7)14-35-28-16-41-43-30(26-11-9-10-12-36(26)48(43)6)17-38(47(41)5)34(28)22-54-45(35,3)55-24(2)51/h9-13,19-20,27-28,33-35,37-38,40-41H,14-18,21-22H2,1-8H3/t27-,28+,33+,34+,35-,37-,38-,40?,41-,45-/m1/s1. The molecule has 3 fully saturated rings. The summed E-state index contributed by atoms with van der Waals surface area (Å²) in [4.78, 5) is 30.7. The minimum Gasteiger partial charge on any atom is -0.500 e. The van der Waals surface area contributed by atoms with Gasteiger partial charge < -0.3 is 28.1 Å². The van der Waals surface area contributed by atoms with Crippen LogP contribution >= 0.6 is 0 Å². The van der Waals surface area contributed by atoms with Crippen molar-refractivity contribution in [2.24, 2.45) is 43.7 Å². The van der Waals surface area contributed by atoms with Gasteiger partial charge in [0.1, 0.15) is 5.75 Å². The second-order valence-electron chi connectivity index (χ2n) is 17.7. The second-order valence-corrected chi connectivity index (χ2v) is 17.7. The second kappa shape index (κ2) is 12.4. The molecule has 6 aliphatic rings. The number of hydrogen-bond acceptors (Lipinski definition) is 8. The summed E-state index contributed by atoms with van der Waals surface area (Å²) < 4.78 is 30.0. The van der Waals surface area contributed by atoms with E-state index < -0.39 is 5.79 Å². The molecule has 0 saturated carbocycles. The van der Waals surface area contributed by atoms with E-state index in [0.717, 1.165) is 48.1 Å². The predicted octanol–water partition coefficient (Wildman–Crippen LogP) is 6.42. The van der Waals surface area contributed by atoms with Crippen LogP contribution in [0.25, 0.3) is 21.8 Å². The Balaban J connectivity index is 1.06. The van der Waals surface area contributed by atoms with Crippen LogP contribution in [0.3, 0.4) is 0 Å². The maximum absolute atomic E-state index is 12.8. The normalized spacial score (nSPS) is 33.9. The number of Topliss-reactive ketones (excluding diaryl/α,β-unsaturated/α-hetero) is 1. The molecule has 0 spiro atoms. The molecule has 0 amide bonds. The molecule has 290 valence electrons. The maximum atomic E-state index is 12.8. The molecule has 0 aliphatic carbocycles. The van der Waals surface area contributed by atoms with E-state index in [1.165, 1.54) is 45.7 Å². The van der Waals surface area contributed by atoms with Crippen molar-refractivity contribution in [2.45, 2.75) is 82.8 Å². The van der Waals surface area contributed by atoms with E-state index in [4.69, 9.17) is 18.9 Å². The number of ketones is 1. The van der Waals surface area contributed by atoms with Gasteiger partial charge in [0, 0.05) is 97.1 Å². The molecule has 4 bridgehead atoms. The first-order chi connectivity index (χ1) is 26.4. The number of hydrogen-bond donors (Lipinski definition) is 0. The van der Waals surface area contributed by atoms with Gasteiger partial charge in [-0.25, -0.2) is 0 Å². The van der Waals surface area contributed by atoms with Crippen LogP contribution in [0.1, 0.15) is 73.8 Å². The molecule has 1 unspecified atom stereocenters. The summed E-state index contributed by atoms with van der Waals surface area (Å²) in [5.74, 6) is 0.496. The number of ether oxygens (including phenoxy) is 4. The lowest BCUT2D eigenvalue weighted by Crippen LogP contribution is -2.62. The van der Waals surface area contributed by atoms with E-state index in [1.807, 2.05) is 6.92 Å². The largest absolute Gasteiger partial charge is 0.500 e. The molecule has 0 N–H and O–H groups in total. The number of aromatic nitrogens is 2. The van der Waals surface area contributed by atoms with Crippen LogP contribution in [0.4, 0.5) is 0 Å².